The van der Waals surface area contributed by atoms with Gasteiger partial charge in [0.25, 0.3) is 0 Å². The summed E-state index contributed by atoms with van der Waals surface area (Å²) < 4.78 is 5.29. The summed E-state index contributed by atoms with van der Waals surface area (Å²) in [5.41, 5.74) is 6.80. The molecule has 1 aromatic carbocycles. The average molecular weight is 234 g/mol. The molecule has 4 nitrogen and oxygen atoms in total. The largest absolute Gasteiger partial charge is 0.495 e. The van der Waals surface area contributed by atoms with Crippen molar-refractivity contribution in [2.24, 2.45) is 5.73 Å². The lowest BCUT2D eigenvalue weighted by atomic mass is 10.1. The van der Waals surface area contributed by atoms with Crippen LogP contribution in [0.4, 0.5) is 5.69 Å². The van der Waals surface area contributed by atoms with Crippen LogP contribution in [0.1, 0.15) is 19.3 Å². The molecule has 2 N–H and O–H groups in total. The highest BCUT2D eigenvalue weighted by Crippen LogP contribution is 2.29. The predicted octanol–water partition coefficient (Wildman–Crippen LogP) is 1.54. The summed E-state index contributed by atoms with van der Waals surface area (Å²) in [5.74, 6) is 0.845. The number of hydrogen-bond donors (Lipinski definition) is 1. The third kappa shape index (κ3) is 2.58. The van der Waals surface area contributed by atoms with Crippen molar-refractivity contribution < 1.29 is 9.53 Å². The number of ether oxygens (including phenoxy) is 1. The molecule has 0 spiro atoms. The van der Waals surface area contributed by atoms with E-state index in [0.29, 0.717) is 13.0 Å². The van der Waals surface area contributed by atoms with Crippen molar-refractivity contribution in [3.05, 3.63) is 24.3 Å². The molecule has 0 aromatic heterocycles. The van der Waals surface area contributed by atoms with Gasteiger partial charge in [-0.2, -0.15) is 0 Å². The van der Waals surface area contributed by atoms with Gasteiger partial charge in [-0.15, -0.1) is 0 Å². The Kier molecular flexibility index (Phi) is 3.64. The smallest absolute Gasteiger partial charge is 0.227 e. The van der Waals surface area contributed by atoms with Crippen molar-refractivity contribution in [2.45, 2.75) is 25.3 Å². The molecule has 1 fully saturated rings. The number of anilines is 1. The first-order valence-corrected chi connectivity index (χ1v) is 5.91. The summed E-state index contributed by atoms with van der Waals surface area (Å²) in [7, 11) is 1.61. The van der Waals surface area contributed by atoms with E-state index in [2.05, 4.69) is 0 Å². The van der Waals surface area contributed by atoms with Crippen molar-refractivity contribution in [1.29, 1.82) is 0 Å². The number of methoxy groups -OCH3 is 1. The van der Waals surface area contributed by atoms with E-state index >= 15 is 0 Å². The van der Waals surface area contributed by atoms with Gasteiger partial charge in [0.05, 0.1) is 12.8 Å². The Labute approximate surface area is 101 Å². The molecule has 0 bridgehead atoms. The number of benzene rings is 1. The monoisotopic (exact) mass is 234 g/mol. The van der Waals surface area contributed by atoms with Gasteiger partial charge in [-0.3, -0.25) is 4.79 Å². The van der Waals surface area contributed by atoms with Crippen LogP contribution < -0.4 is 15.4 Å². The Balaban J connectivity index is 2.32. The highest BCUT2D eigenvalue weighted by Gasteiger charge is 2.24. The summed E-state index contributed by atoms with van der Waals surface area (Å²) in [5, 5.41) is 0. The van der Waals surface area contributed by atoms with Gasteiger partial charge < -0.3 is 15.4 Å². The van der Waals surface area contributed by atoms with Gasteiger partial charge in [0.2, 0.25) is 5.91 Å². The number of para-hydroxylation sites is 2. The molecule has 1 unspecified atom stereocenters. The normalized spacial score (nSPS) is 21.2. The molecule has 1 aromatic rings. The maximum absolute atomic E-state index is 12.0. The molecule has 0 aliphatic carbocycles. The predicted molar refractivity (Wildman–Crippen MR) is 67.2 cm³/mol. The Morgan fingerprint density at radius 1 is 1.41 bits per heavy atom. The second-order valence-corrected chi connectivity index (χ2v) is 4.33. The number of rotatable bonds is 2. The Hall–Kier alpha value is -1.55. The fourth-order valence-corrected chi connectivity index (χ4v) is 2.16. The highest BCUT2D eigenvalue weighted by atomic mass is 16.5. The number of nitrogens with zero attached hydrogens (tertiary/aromatic N) is 1. The molecule has 0 radical (unpaired) electrons. The zero-order chi connectivity index (χ0) is 12.3. The lowest BCUT2D eigenvalue weighted by Crippen LogP contribution is -2.38. The van der Waals surface area contributed by atoms with Crippen LogP contribution in [0.3, 0.4) is 0 Å². The van der Waals surface area contributed by atoms with Crippen LogP contribution in [0.2, 0.25) is 0 Å². The average Bonchev–Trinajstić information content (AvgIpc) is 2.51. The van der Waals surface area contributed by atoms with E-state index in [4.69, 9.17) is 10.5 Å². The van der Waals surface area contributed by atoms with Crippen molar-refractivity contribution >= 4 is 11.6 Å². The number of carbonyl (C=O) groups excluding carboxylic acids is 1. The topological polar surface area (TPSA) is 55.6 Å². The number of hydrogen-bond acceptors (Lipinski definition) is 3. The third-order valence-electron chi connectivity index (χ3n) is 3.06. The van der Waals surface area contributed by atoms with Crippen molar-refractivity contribution in [3.63, 3.8) is 0 Å². The number of amides is 1. The minimum atomic E-state index is 0.0476. The first kappa shape index (κ1) is 11.9. The molecule has 92 valence electrons. The molecule has 4 heteroatoms. The van der Waals surface area contributed by atoms with E-state index in [-0.39, 0.29) is 11.9 Å². The molecule has 1 saturated heterocycles. The van der Waals surface area contributed by atoms with Crippen LogP contribution in [0.15, 0.2) is 24.3 Å². The zero-order valence-corrected chi connectivity index (χ0v) is 10.1. The van der Waals surface area contributed by atoms with E-state index in [1.165, 1.54) is 0 Å². The van der Waals surface area contributed by atoms with Crippen LogP contribution in [0.5, 0.6) is 5.75 Å². The SMILES string of the molecule is COc1ccccc1N1CC(N)CCCC1=O. The Bertz CT molecular complexity index is 406. The highest BCUT2D eigenvalue weighted by molar-refractivity contribution is 5.95. The second-order valence-electron chi connectivity index (χ2n) is 4.33. The van der Waals surface area contributed by atoms with Crippen molar-refractivity contribution in [2.75, 3.05) is 18.6 Å². The Morgan fingerprint density at radius 2 is 2.18 bits per heavy atom. The standard InChI is InChI=1S/C13H18N2O2/c1-17-12-7-3-2-6-11(12)15-9-10(14)5-4-8-13(15)16/h2-3,6-7,10H,4-5,8-9,14H2,1H3. The molecule has 17 heavy (non-hydrogen) atoms. The third-order valence-corrected chi connectivity index (χ3v) is 3.06. The molecule has 2 rings (SSSR count). The molecule has 1 atom stereocenters. The van der Waals surface area contributed by atoms with Gasteiger partial charge >= 0.3 is 0 Å². The quantitative estimate of drug-likeness (QED) is 0.844. The van der Waals surface area contributed by atoms with E-state index in [1.54, 1.807) is 12.0 Å². The van der Waals surface area contributed by atoms with Gasteiger partial charge in [0.1, 0.15) is 5.75 Å². The van der Waals surface area contributed by atoms with Crippen LogP contribution in [0, 0.1) is 0 Å². The number of nitrogens with two attached hydrogens (primary N) is 1. The van der Waals surface area contributed by atoms with Crippen molar-refractivity contribution in [1.82, 2.24) is 0 Å². The summed E-state index contributed by atoms with van der Waals surface area (Å²) in [6.07, 6.45) is 2.33. The number of carbonyl (C=O) groups is 1. The molecule has 0 saturated carbocycles. The molecular formula is C13H18N2O2. The lowest BCUT2D eigenvalue weighted by molar-refractivity contribution is -0.118. The van der Waals surface area contributed by atoms with Crippen LogP contribution in [0.25, 0.3) is 0 Å². The van der Waals surface area contributed by atoms with Crippen LogP contribution >= 0.6 is 0 Å². The van der Waals surface area contributed by atoms with Gasteiger partial charge in [0, 0.05) is 19.0 Å². The minimum Gasteiger partial charge on any atom is -0.495 e. The van der Waals surface area contributed by atoms with Gasteiger partial charge in [-0.05, 0) is 25.0 Å². The van der Waals surface area contributed by atoms with E-state index in [0.717, 1.165) is 24.3 Å². The van der Waals surface area contributed by atoms with Gasteiger partial charge in [0.15, 0.2) is 0 Å². The maximum Gasteiger partial charge on any atom is 0.227 e. The van der Waals surface area contributed by atoms with Crippen molar-refractivity contribution in [3.8, 4) is 5.75 Å². The van der Waals surface area contributed by atoms with E-state index in [1.807, 2.05) is 24.3 Å². The fourth-order valence-electron chi connectivity index (χ4n) is 2.16. The van der Waals surface area contributed by atoms with E-state index in [9.17, 15) is 4.79 Å². The molecule has 1 amide bonds. The van der Waals surface area contributed by atoms with Crippen LogP contribution in [-0.2, 0) is 4.79 Å². The van der Waals surface area contributed by atoms with Crippen LogP contribution in [-0.4, -0.2) is 25.6 Å². The zero-order valence-electron chi connectivity index (χ0n) is 10.1. The van der Waals surface area contributed by atoms with Gasteiger partial charge in [-0.1, -0.05) is 12.1 Å². The summed E-state index contributed by atoms with van der Waals surface area (Å²) in [4.78, 5) is 13.8. The molecule has 1 heterocycles. The summed E-state index contributed by atoms with van der Waals surface area (Å²) in [6, 6.07) is 7.60. The van der Waals surface area contributed by atoms with E-state index < -0.39 is 0 Å². The maximum atomic E-state index is 12.0. The first-order valence-electron chi connectivity index (χ1n) is 5.91. The molecule has 1 aliphatic rings. The fraction of sp³-hybridized carbons (Fsp3) is 0.462. The molecule has 1 aliphatic heterocycles. The Morgan fingerprint density at radius 3 is 2.94 bits per heavy atom. The second kappa shape index (κ2) is 5.19. The summed E-state index contributed by atoms with van der Waals surface area (Å²) >= 11 is 0. The lowest BCUT2D eigenvalue weighted by Gasteiger charge is -2.24. The first-order chi connectivity index (χ1) is 8.22. The van der Waals surface area contributed by atoms with Gasteiger partial charge in [-0.25, -0.2) is 0 Å². The molecular weight excluding hydrogens is 216 g/mol. The minimum absolute atomic E-state index is 0.0476. The summed E-state index contributed by atoms with van der Waals surface area (Å²) in [6.45, 7) is 0.569.